The molecule has 28 heavy (non-hydrogen) atoms. The first-order valence-electron chi connectivity index (χ1n) is 9.20. The quantitative estimate of drug-likeness (QED) is 0.512. The lowest BCUT2D eigenvalue weighted by molar-refractivity contribution is 0.0174. The normalized spacial score (nSPS) is 14.1. The summed E-state index contributed by atoms with van der Waals surface area (Å²) in [5, 5.41) is 3.37. The Labute approximate surface area is 167 Å². The van der Waals surface area contributed by atoms with E-state index in [4.69, 9.17) is 0 Å². The Kier molecular flexibility index (Phi) is 8.10. The minimum absolute atomic E-state index is 0.0141. The van der Waals surface area contributed by atoms with Crippen molar-refractivity contribution in [2.24, 2.45) is 0 Å². The maximum Gasteiger partial charge on any atom is 0.270 e. The fraction of sp³-hybridized carbons (Fsp3) is 0.333. The number of rotatable bonds is 6. The summed E-state index contributed by atoms with van der Waals surface area (Å²) < 4.78 is 40.2. The molecule has 0 unspecified atom stereocenters. The van der Waals surface area contributed by atoms with Crippen molar-refractivity contribution in [1.82, 2.24) is 5.32 Å². The van der Waals surface area contributed by atoms with Gasteiger partial charge in [0.25, 0.3) is 5.92 Å². The zero-order valence-corrected chi connectivity index (χ0v) is 17.3. The molecule has 4 heteroatoms. The third-order valence-corrected chi connectivity index (χ3v) is 4.70. The van der Waals surface area contributed by atoms with Crippen LogP contribution in [0.2, 0.25) is 0 Å². The van der Waals surface area contributed by atoms with Gasteiger partial charge < -0.3 is 5.32 Å². The van der Waals surface area contributed by atoms with Crippen molar-refractivity contribution < 1.29 is 13.2 Å². The molecule has 0 aromatic heterocycles. The summed E-state index contributed by atoms with van der Waals surface area (Å²) >= 11 is 0. The first kappa shape index (κ1) is 23.5. The molecular weight excluding hydrogens is 359 g/mol. The molecule has 152 valence electrons. The molecule has 1 nitrogen and oxygen atoms in total. The van der Waals surface area contributed by atoms with Crippen molar-refractivity contribution in [3.05, 3.63) is 96.0 Å². The first-order chi connectivity index (χ1) is 13.0. The zero-order chi connectivity index (χ0) is 21.5. The Morgan fingerprint density at radius 3 is 1.82 bits per heavy atom. The lowest BCUT2D eigenvalue weighted by Gasteiger charge is -2.39. The molecule has 0 aliphatic rings. The van der Waals surface area contributed by atoms with Crippen LogP contribution in [0.25, 0.3) is 0 Å². The van der Waals surface area contributed by atoms with E-state index in [1.165, 1.54) is 24.3 Å². The highest BCUT2D eigenvalue weighted by molar-refractivity contribution is 5.35. The van der Waals surface area contributed by atoms with E-state index in [1.54, 1.807) is 30.3 Å². The number of hydrogen-bond donors (Lipinski definition) is 1. The predicted molar refractivity (Wildman–Crippen MR) is 112 cm³/mol. The minimum Gasteiger partial charge on any atom is -0.379 e. The number of allylic oxidation sites excluding steroid dienone is 2. The molecule has 0 saturated carbocycles. The van der Waals surface area contributed by atoms with Crippen molar-refractivity contribution in [3.63, 3.8) is 0 Å². The fourth-order valence-corrected chi connectivity index (χ4v) is 3.07. The minimum atomic E-state index is -2.86. The molecule has 0 amide bonds. The van der Waals surface area contributed by atoms with E-state index in [9.17, 15) is 13.2 Å². The first-order valence-corrected chi connectivity index (χ1v) is 9.20. The van der Waals surface area contributed by atoms with Crippen LogP contribution in [-0.4, -0.2) is 0 Å². The standard InChI is InChI=1S/C21H24F3N.C3H6/c1-14(2)25-20(4,17-10-12-19(22)13-11-17)15(3)16-6-8-18(9-7-16)21(5,23)24;1-3-2/h6-13,15,25H,1H2,2-5H3;3H,1H2,2H3/t15-,20+;/m1./s1. The molecule has 2 aromatic rings. The van der Waals surface area contributed by atoms with Gasteiger partial charge in [-0.25, -0.2) is 13.2 Å². The van der Waals surface area contributed by atoms with Crippen LogP contribution >= 0.6 is 0 Å². The second-order valence-electron chi connectivity index (χ2n) is 7.25. The third-order valence-electron chi connectivity index (χ3n) is 4.70. The van der Waals surface area contributed by atoms with Gasteiger partial charge in [-0.15, -0.1) is 6.58 Å². The van der Waals surface area contributed by atoms with Crippen LogP contribution in [0.3, 0.4) is 0 Å². The van der Waals surface area contributed by atoms with Gasteiger partial charge in [0.1, 0.15) is 5.82 Å². The van der Waals surface area contributed by atoms with Crippen molar-refractivity contribution in [2.45, 2.75) is 52.0 Å². The van der Waals surface area contributed by atoms with E-state index in [0.717, 1.165) is 23.7 Å². The molecule has 0 bridgehead atoms. The lowest BCUT2D eigenvalue weighted by Crippen LogP contribution is -2.42. The van der Waals surface area contributed by atoms with Crippen molar-refractivity contribution in [2.75, 3.05) is 0 Å². The van der Waals surface area contributed by atoms with Crippen molar-refractivity contribution >= 4 is 0 Å². The summed E-state index contributed by atoms with van der Waals surface area (Å²) in [6.45, 7) is 15.9. The maximum absolute atomic E-state index is 13.4. The van der Waals surface area contributed by atoms with Crippen molar-refractivity contribution in [3.8, 4) is 0 Å². The molecule has 0 aliphatic heterocycles. The number of benzene rings is 2. The average molecular weight is 390 g/mol. The van der Waals surface area contributed by atoms with Crippen LogP contribution in [0.15, 0.2) is 73.5 Å². The third kappa shape index (κ3) is 6.01. The Morgan fingerprint density at radius 1 is 1.00 bits per heavy atom. The van der Waals surface area contributed by atoms with E-state index in [2.05, 4.69) is 18.5 Å². The van der Waals surface area contributed by atoms with Gasteiger partial charge in [-0.3, -0.25) is 0 Å². The summed E-state index contributed by atoms with van der Waals surface area (Å²) in [7, 11) is 0. The monoisotopic (exact) mass is 389 g/mol. The molecule has 0 fully saturated rings. The van der Waals surface area contributed by atoms with Crippen LogP contribution in [-0.2, 0) is 11.5 Å². The molecule has 0 aliphatic carbocycles. The van der Waals surface area contributed by atoms with E-state index in [0.29, 0.717) is 0 Å². The van der Waals surface area contributed by atoms with Gasteiger partial charge >= 0.3 is 0 Å². The van der Waals surface area contributed by atoms with Gasteiger partial charge in [0.2, 0.25) is 0 Å². The zero-order valence-electron chi connectivity index (χ0n) is 17.3. The number of nitrogens with one attached hydrogen (secondary N) is 1. The highest BCUT2D eigenvalue weighted by Crippen LogP contribution is 2.38. The molecule has 2 atom stereocenters. The lowest BCUT2D eigenvalue weighted by atomic mass is 9.76. The van der Waals surface area contributed by atoms with Gasteiger partial charge in [-0.1, -0.05) is 56.0 Å². The summed E-state index contributed by atoms with van der Waals surface area (Å²) in [5.41, 5.74) is 2.01. The van der Waals surface area contributed by atoms with Crippen LogP contribution in [0, 0.1) is 5.82 Å². The molecule has 2 aromatic carbocycles. The van der Waals surface area contributed by atoms with E-state index in [-0.39, 0.29) is 17.3 Å². The number of alkyl halides is 2. The largest absolute Gasteiger partial charge is 0.379 e. The SMILES string of the molecule is C=C(C)N[C@](C)(c1ccc(F)cc1)[C@H](C)c1ccc(C(C)(F)F)cc1.C=CC. The molecular formula is C24H30F3N. The Bertz CT molecular complexity index is 773. The van der Waals surface area contributed by atoms with E-state index in [1.807, 2.05) is 27.7 Å². The smallest absolute Gasteiger partial charge is 0.270 e. The van der Waals surface area contributed by atoms with Crippen LogP contribution in [0.4, 0.5) is 13.2 Å². The molecule has 0 heterocycles. The fourth-order valence-electron chi connectivity index (χ4n) is 3.07. The van der Waals surface area contributed by atoms with Gasteiger partial charge in [-0.05, 0) is 44.0 Å². The topological polar surface area (TPSA) is 12.0 Å². The Balaban J connectivity index is 0.00000122. The second-order valence-corrected chi connectivity index (χ2v) is 7.25. The summed E-state index contributed by atoms with van der Waals surface area (Å²) in [6, 6.07) is 12.7. The van der Waals surface area contributed by atoms with Crippen LogP contribution in [0.1, 0.15) is 57.2 Å². The van der Waals surface area contributed by atoms with Crippen LogP contribution in [0.5, 0.6) is 0 Å². The van der Waals surface area contributed by atoms with Gasteiger partial charge in [0.05, 0.1) is 5.54 Å². The molecule has 1 N–H and O–H groups in total. The molecule has 0 spiro atoms. The predicted octanol–water partition coefficient (Wildman–Crippen LogP) is 7.27. The Morgan fingerprint density at radius 2 is 1.43 bits per heavy atom. The maximum atomic E-state index is 13.4. The summed E-state index contributed by atoms with van der Waals surface area (Å²) in [5.74, 6) is -3.23. The average Bonchev–Trinajstić information content (AvgIpc) is 2.61. The molecule has 0 radical (unpaired) electrons. The second kappa shape index (κ2) is 9.63. The Hall–Kier alpha value is -2.49. The number of hydrogen-bond acceptors (Lipinski definition) is 1. The highest BCUT2D eigenvalue weighted by Gasteiger charge is 2.34. The van der Waals surface area contributed by atoms with Gasteiger partial charge in [-0.2, -0.15) is 0 Å². The van der Waals surface area contributed by atoms with E-state index < -0.39 is 11.5 Å². The summed E-state index contributed by atoms with van der Waals surface area (Å²) in [4.78, 5) is 0. The summed E-state index contributed by atoms with van der Waals surface area (Å²) in [6.07, 6.45) is 1.75. The van der Waals surface area contributed by atoms with Crippen molar-refractivity contribution in [1.29, 1.82) is 0 Å². The van der Waals surface area contributed by atoms with Gasteiger partial charge in [0, 0.05) is 24.1 Å². The highest BCUT2D eigenvalue weighted by atomic mass is 19.3. The van der Waals surface area contributed by atoms with E-state index >= 15 is 0 Å². The van der Waals surface area contributed by atoms with Gasteiger partial charge in [0.15, 0.2) is 0 Å². The molecule has 2 rings (SSSR count). The van der Waals surface area contributed by atoms with Crippen LogP contribution < -0.4 is 5.32 Å². The molecule has 0 saturated heterocycles. The number of halogens is 3.